The highest BCUT2D eigenvalue weighted by Gasteiger charge is 2.17. The number of aryl methyl sites for hydroxylation is 1. The first kappa shape index (κ1) is 20.3. The van der Waals surface area contributed by atoms with Crippen LogP contribution in [0.25, 0.3) is 11.0 Å². The van der Waals surface area contributed by atoms with Crippen molar-refractivity contribution in [2.45, 2.75) is 26.4 Å². The second-order valence-electron chi connectivity index (χ2n) is 8.04. The maximum Gasteiger partial charge on any atom is 0.412 e. The van der Waals surface area contributed by atoms with E-state index in [4.69, 9.17) is 9.15 Å². The molecule has 2 aromatic heterocycles. The lowest BCUT2D eigenvalue weighted by Gasteiger charge is -2.19. The minimum Gasteiger partial charge on any atom is -0.451 e. The Bertz CT molecular complexity index is 1060. The number of fused-ring (bicyclic) bond motifs is 1. The Morgan fingerprint density at radius 3 is 2.48 bits per heavy atom. The number of anilines is 3. The Kier molecular flexibility index (Phi) is 5.28. The topological polar surface area (TPSA) is 88.7 Å². The zero-order valence-electron chi connectivity index (χ0n) is 17.5. The number of rotatable bonds is 4. The van der Waals surface area contributed by atoms with Gasteiger partial charge in [0.2, 0.25) is 0 Å². The highest BCUT2D eigenvalue weighted by atomic mass is 16.6. The number of carbonyl (C=O) groups excluding carboxylic acids is 2. The number of nitrogens with zero attached hydrogens (tertiary/aromatic N) is 2. The molecule has 8 heteroatoms. The third kappa shape index (κ3) is 4.90. The fourth-order valence-corrected chi connectivity index (χ4v) is 2.77. The summed E-state index contributed by atoms with van der Waals surface area (Å²) in [5, 5.41) is 6.84. The smallest absolute Gasteiger partial charge is 0.412 e. The summed E-state index contributed by atoms with van der Waals surface area (Å²) in [5.74, 6) is 0.893. The van der Waals surface area contributed by atoms with E-state index in [9.17, 15) is 9.59 Å². The molecule has 2 amide bonds. The summed E-state index contributed by atoms with van der Waals surface area (Å²) < 4.78 is 12.8. The van der Waals surface area contributed by atoms with Crippen LogP contribution >= 0.6 is 0 Å². The molecule has 0 fully saturated rings. The first-order valence-corrected chi connectivity index (χ1v) is 9.20. The van der Waals surface area contributed by atoms with Crippen LogP contribution in [0.1, 0.15) is 31.3 Å². The van der Waals surface area contributed by atoms with E-state index in [1.165, 1.54) is 4.90 Å². The van der Waals surface area contributed by atoms with Crippen molar-refractivity contribution >= 4 is 40.2 Å². The van der Waals surface area contributed by atoms with Gasteiger partial charge in [-0.05, 0) is 45.0 Å². The average Bonchev–Trinajstić information content (AvgIpc) is 3.15. The summed E-state index contributed by atoms with van der Waals surface area (Å²) in [5.41, 5.74) is 1.52. The Labute approximate surface area is 169 Å². The number of hydrogen-bond acceptors (Lipinski definition) is 5. The van der Waals surface area contributed by atoms with Crippen LogP contribution in [0.3, 0.4) is 0 Å². The van der Waals surface area contributed by atoms with Gasteiger partial charge >= 0.3 is 6.09 Å². The van der Waals surface area contributed by atoms with Crippen LogP contribution in [0.2, 0.25) is 0 Å². The van der Waals surface area contributed by atoms with Gasteiger partial charge in [-0.3, -0.25) is 10.1 Å². The van der Waals surface area contributed by atoms with Crippen molar-refractivity contribution in [3.8, 4) is 0 Å². The van der Waals surface area contributed by atoms with Crippen LogP contribution < -0.4 is 10.6 Å². The predicted octanol–water partition coefficient (Wildman–Crippen LogP) is 4.56. The van der Waals surface area contributed by atoms with E-state index >= 15 is 0 Å². The van der Waals surface area contributed by atoms with Crippen molar-refractivity contribution in [2.75, 3.05) is 24.7 Å². The zero-order valence-corrected chi connectivity index (χ0v) is 17.5. The number of nitrogens with one attached hydrogen (secondary N) is 2. The minimum absolute atomic E-state index is 0.184. The fourth-order valence-electron chi connectivity index (χ4n) is 2.77. The zero-order chi connectivity index (χ0) is 21.3. The van der Waals surface area contributed by atoms with Gasteiger partial charge in [0.25, 0.3) is 5.91 Å². The lowest BCUT2D eigenvalue weighted by Crippen LogP contribution is -2.27. The highest BCUT2D eigenvalue weighted by molar-refractivity contribution is 5.96. The molecule has 8 nitrogen and oxygen atoms in total. The van der Waals surface area contributed by atoms with Crippen molar-refractivity contribution < 1.29 is 18.7 Å². The molecule has 0 saturated heterocycles. The molecule has 3 aromatic rings. The van der Waals surface area contributed by atoms with Gasteiger partial charge in [-0.25, -0.2) is 4.79 Å². The first-order chi connectivity index (χ1) is 13.5. The quantitative estimate of drug-likeness (QED) is 0.672. The molecule has 3 rings (SSSR count). The highest BCUT2D eigenvalue weighted by Crippen LogP contribution is 2.27. The molecule has 0 spiro atoms. The summed E-state index contributed by atoms with van der Waals surface area (Å²) in [6.45, 7) is 5.44. The second kappa shape index (κ2) is 7.54. The van der Waals surface area contributed by atoms with Crippen molar-refractivity contribution in [1.82, 2.24) is 9.47 Å². The Balaban J connectivity index is 1.76. The molecule has 0 radical (unpaired) electrons. The van der Waals surface area contributed by atoms with Crippen LogP contribution in [-0.4, -0.2) is 41.2 Å². The molecule has 0 atom stereocenters. The number of amides is 2. The molecule has 0 aliphatic rings. The lowest BCUT2D eigenvalue weighted by molar-refractivity contribution is 0.0635. The maximum absolute atomic E-state index is 12.1. The standard InChI is InChI=1S/C21H26N4O4/c1-21(2,3)29-20(27)23-15-11-18(25(6)12-15)22-14-7-8-16-13(9-14)10-17(28-16)19(26)24(4)5/h7-12,22H,1-6H3,(H,23,27). The number of furan rings is 1. The molecule has 0 aliphatic heterocycles. The van der Waals surface area contributed by atoms with Gasteiger partial charge in [-0.15, -0.1) is 0 Å². The largest absolute Gasteiger partial charge is 0.451 e. The van der Waals surface area contributed by atoms with Crippen LogP contribution in [0, 0.1) is 0 Å². The number of benzene rings is 1. The Morgan fingerprint density at radius 2 is 1.83 bits per heavy atom. The molecular formula is C21H26N4O4. The third-order valence-electron chi connectivity index (χ3n) is 4.06. The van der Waals surface area contributed by atoms with Gasteiger partial charge < -0.3 is 23.9 Å². The summed E-state index contributed by atoms with van der Waals surface area (Å²) >= 11 is 0. The molecule has 0 saturated carbocycles. The van der Waals surface area contributed by atoms with Crippen molar-refractivity contribution in [3.63, 3.8) is 0 Å². The average molecular weight is 398 g/mol. The van der Waals surface area contributed by atoms with E-state index in [1.54, 1.807) is 26.4 Å². The lowest BCUT2D eigenvalue weighted by atomic mass is 10.2. The Hall–Kier alpha value is -3.42. The molecule has 1 aromatic carbocycles. The van der Waals surface area contributed by atoms with Gasteiger partial charge in [0.05, 0.1) is 5.69 Å². The molecule has 2 heterocycles. The van der Waals surface area contributed by atoms with E-state index in [0.717, 1.165) is 16.9 Å². The molecule has 0 bridgehead atoms. The van der Waals surface area contributed by atoms with Crippen molar-refractivity contribution in [2.24, 2.45) is 7.05 Å². The second-order valence-corrected chi connectivity index (χ2v) is 8.04. The summed E-state index contributed by atoms with van der Waals surface area (Å²) in [7, 11) is 5.23. The minimum atomic E-state index is -0.563. The molecule has 29 heavy (non-hydrogen) atoms. The number of hydrogen-bond donors (Lipinski definition) is 2. The first-order valence-electron chi connectivity index (χ1n) is 9.20. The normalized spacial score (nSPS) is 11.4. The third-order valence-corrected chi connectivity index (χ3v) is 4.06. The van der Waals surface area contributed by atoms with Crippen molar-refractivity contribution in [1.29, 1.82) is 0 Å². The monoisotopic (exact) mass is 398 g/mol. The SMILES string of the molecule is CN(C)C(=O)c1cc2cc(Nc3cc(NC(=O)OC(C)(C)C)cn3C)ccc2o1. The van der Waals surface area contributed by atoms with E-state index < -0.39 is 11.7 Å². The van der Waals surface area contributed by atoms with E-state index in [0.29, 0.717) is 17.0 Å². The van der Waals surface area contributed by atoms with Crippen LogP contribution in [-0.2, 0) is 11.8 Å². The summed E-state index contributed by atoms with van der Waals surface area (Å²) in [4.78, 5) is 25.5. The molecule has 0 aliphatic carbocycles. The van der Waals surface area contributed by atoms with Gasteiger partial charge in [0.1, 0.15) is 17.0 Å². The van der Waals surface area contributed by atoms with Gasteiger partial charge in [-0.2, -0.15) is 0 Å². The molecule has 154 valence electrons. The molecule has 0 unspecified atom stereocenters. The van der Waals surface area contributed by atoms with Crippen LogP contribution in [0.5, 0.6) is 0 Å². The predicted molar refractivity (Wildman–Crippen MR) is 113 cm³/mol. The number of carbonyl (C=O) groups is 2. The van der Waals surface area contributed by atoms with Gasteiger partial charge in [0.15, 0.2) is 5.76 Å². The number of aromatic nitrogens is 1. The van der Waals surface area contributed by atoms with Crippen LogP contribution in [0.15, 0.2) is 40.9 Å². The van der Waals surface area contributed by atoms with Crippen molar-refractivity contribution in [3.05, 3.63) is 42.3 Å². The molecule has 2 N–H and O–H groups in total. The maximum atomic E-state index is 12.1. The number of ether oxygens (including phenoxy) is 1. The van der Waals surface area contributed by atoms with E-state index in [2.05, 4.69) is 10.6 Å². The van der Waals surface area contributed by atoms with E-state index in [1.807, 2.05) is 56.7 Å². The molecular weight excluding hydrogens is 372 g/mol. The fraction of sp³-hybridized carbons (Fsp3) is 0.333. The van der Waals surface area contributed by atoms with Gasteiger partial charge in [-0.1, -0.05) is 0 Å². The summed E-state index contributed by atoms with van der Waals surface area (Å²) in [6, 6.07) is 9.11. The van der Waals surface area contributed by atoms with Gasteiger partial charge in [0, 0.05) is 44.5 Å². The van der Waals surface area contributed by atoms with E-state index in [-0.39, 0.29) is 5.91 Å². The Morgan fingerprint density at radius 1 is 1.10 bits per heavy atom. The van der Waals surface area contributed by atoms with Crippen LogP contribution in [0.4, 0.5) is 22.0 Å². The summed E-state index contributed by atoms with van der Waals surface area (Å²) in [6.07, 6.45) is 1.28.